The molecular weight excluding hydrogens is 203 g/mol. The first-order chi connectivity index (χ1) is 7.81. The molecule has 1 heterocycles. The van der Waals surface area contributed by atoms with Crippen LogP contribution in [0.5, 0.6) is 0 Å². The van der Waals surface area contributed by atoms with Crippen molar-refractivity contribution < 1.29 is 14.4 Å². The van der Waals surface area contributed by atoms with Crippen molar-refractivity contribution >= 4 is 12.6 Å². The quantitative estimate of drug-likeness (QED) is 0.705. The fourth-order valence-corrected chi connectivity index (χ4v) is 2.56. The number of rotatable bonds is 1. The Bertz CT molecular complexity index is 339. The van der Waals surface area contributed by atoms with E-state index in [2.05, 4.69) is 0 Å². The van der Waals surface area contributed by atoms with E-state index in [-0.39, 0.29) is 25.4 Å². The van der Waals surface area contributed by atoms with Gasteiger partial charge in [-0.05, 0) is 24.7 Å². The van der Waals surface area contributed by atoms with Gasteiger partial charge in [0, 0.05) is 12.2 Å². The predicted molar refractivity (Wildman–Crippen MR) is 61.4 cm³/mol. The number of benzene rings is 1. The number of hydrogen-bond donors (Lipinski definition) is 1. The zero-order valence-corrected chi connectivity index (χ0v) is 9.08. The minimum absolute atomic E-state index is 0.146. The van der Waals surface area contributed by atoms with Crippen LogP contribution in [0.4, 0.5) is 0 Å². The van der Waals surface area contributed by atoms with Gasteiger partial charge >= 0.3 is 7.12 Å². The van der Waals surface area contributed by atoms with Crippen LogP contribution in [-0.2, 0) is 9.31 Å². The highest BCUT2D eigenvalue weighted by Crippen LogP contribution is 2.29. The van der Waals surface area contributed by atoms with E-state index in [9.17, 15) is 5.11 Å². The summed E-state index contributed by atoms with van der Waals surface area (Å²) in [5, 5.41) is 9.61. The molecular formula is C12H15BO3. The molecule has 2 fully saturated rings. The normalized spacial score (nSPS) is 33.8. The number of fused-ring (bicyclic) bond motifs is 2. The van der Waals surface area contributed by atoms with Crippen LogP contribution in [0.25, 0.3) is 0 Å². The molecule has 1 N–H and O–H groups in total. The molecule has 1 aromatic carbocycles. The Morgan fingerprint density at radius 1 is 1.00 bits per heavy atom. The molecule has 0 spiro atoms. The third kappa shape index (κ3) is 2.01. The Balaban J connectivity index is 1.76. The monoisotopic (exact) mass is 218 g/mol. The van der Waals surface area contributed by atoms with Crippen molar-refractivity contribution in [3.05, 3.63) is 30.3 Å². The van der Waals surface area contributed by atoms with Gasteiger partial charge in [-0.25, -0.2) is 0 Å². The highest BCUT2D eigenvalue weighted by atomic mass is 16.6. The van der Waals surface area contributed by atoms with Crippen LogP contribution in [0.3, 0.4) is 0 Å². The van der Waals surface area contributed by atoms with Crippen molar-refractivity contribution in [1.29, 1.82) is 0 Å². The van der Waals surface area contributed by atoms with Gasteiger partial charge in [-0.2, -0.15) is 0 Å². The van der Waals surface area contributed by atoms with Gasteiger partial charge in [-0.3, -0.25) is 0 Å². The summed E-state index contributed by atoms with van der Waals surface area (Å²) in [6.07, 6.45) is 2.42. The van der Waals surface area contributed by atoms with E-state index in [0.717, 1.165) is 24.7 Å². The first-order valence-electron chi connectivity index (χ1n) is 5.85. The Labute approximate surface area is 95.5 Å². The molecule has 2 unspecified atom stereocenters. The van der Waals surface area contributed by atoms with Crippen molar-refractivity contribution in [3.8, 4) is 0 Å². The standard InChI is InChI=1S/C12H15BO3/c14-10-6-11-8-12(7-10)16-13(15-11)9-4-2-1-3-5-9/h1-5,10-12,14H,6-8H2. The minimum atomic E-state index is -0.263. The molecule has 3 rings (SSSR count). The van der Waals surface area contributed by atoms with Gasteiger partial charge in [0.2, 0.25) is 0 Å². The molecule has 1 aliphatic carbocycles. The summed E-state index contributed by atoms with van der Waals surface area (Å²) in [6, 6.07) is 9.99. The Morgan fingerprint density at radius 3 is 2.25 bits per heavy atom. The van der Waals surface area contributed by atoms with Crippen molar-refractivity contribution in [1.82, 2.24) is 0 Å². The third-order valence-electron chi connectivity index (χ3n) is 3.30. The van der Waals surface area contributed by atoms with E-state index in [4.69, 9.17) is 9.31 Å². The van der Waals surface area contributed by atoms with Gasteiger partial charge < -0.3 is 14.4 Å². The number of hydrogen-bond acceptors (Lipinski definition) is 3. The zero-order chi connectivity index (χ0) is 11.0. The topological polar surface area (TPSA) is 38.7 Å². The van der Waals surface area contributed by atoms with Gasteiger partial charge in [0.15, 0.2) is 0 Å². The molecule has 0 radical (unpaired) electrons. The average Bonchev–Trinajstić information content (AvgIpc) is 2.28. The van der Waals surface area contributed by atoms with Crippen LogP contribution in [0.15, 0.2) is 30.3 Å². The van der Waals surface area contributed by atoms with E-state index in [1.54, 1.807) is 0 Å². The molecule has 2 atom stereocenters. The van der Waals surface area contributed by atoms with Gasteiger partial charge in [-0.1, -0.05) is 30.3 Å². The highest BCUT2D eigenvalue weighted by Gasteiger charge is 2.40. The molecule has 1 aromatic rings. The molecule has 1 saturated heterocycles. The lowest BCUT2D eigenvalue weighted by Crippen LogP contribution is -2.52. The first kappa shape index (κ1) is 10.3. The molecule has 1 saturated carbocycles. The highest BCUT2D eigenvalue weighted by molar-refractivity contribution is 6.61. The molecule has 0 amide bonds. The van der Waals surface area contributed by atoms with Crippen LogP contribution in [0, 0.1) is 0 Å². The SMILES string of the molecule is OC1CC2CC(C1)OB(c1ccccc1)O2. The molecule has 1 aliphatic heterocycles. The fraction of sp³-hybridized carbons (Fsp3) is 0.500. The van der Waals surface area contributed by atoms with Gasteiger partial charge in [0.1, 0.15) is 0 Å². The Hall–Kier alpha value is -0.835. The van der Waals surface area contributed by atoms with E-state index in [1.165, 1.54) is 0 Å². The van der Waals surface area contributed by atoms with E-state index in [1.807, 2.05) is 30.3 Å². The minimum Gasteiger partial charge on any atom is -0.404 e. The van der Waals surface area contributed by atoms with Gasteiger partial charge in [0.25, 0.3) is 0 Å². The van der Waals surface area contributed by atoms with E-state index in [0.29, 0.717) is 0 Å². The van der Waals surface area contributed by atoms with Crippen LogP contribution in [0.1, 0.15) is 19.3 Å². The van der Waals surface area contributed by atoms with Crippen molar-refractivity contribution in [2.24, 2.45) is 0 Å². The van der Waals surface area contributed by atoms with Gasteiger partial charge in [-0.15, -0.1) is 0 Å². The summed E-state index contributed by atoms with van der Waals surface area (Å²) in [5.41, 5.74) is 1.06. The lowest BCUT2D eigenvalue weighted by Gasteiger charge is -2.40. The summed E-state index contributed by atoms with van der Waals surface area (Å²) in [5.74, 6) is 0. The molecule has 84 valence electrons. The first-order valence-corrected chi connectivity index (χ1v) is 5.85. The van der Waals surface area contributed by atoms with Crippen LogP contribution in [-0.4, -0.2) is 30.5 Å². The smallest absolute Gasteiger partial charge is 0.404 e. The summed E-state index contributed by atoms with van der Waals surface area (Å²) in [7, 11) is -0.252. The predicted octanol–water partition coefficient (Wildman–Crippen LogP) is 0.711. The second kappa shape index (κ2) is 4.20. The Morgan fingerprint density at radius 2 is 1.62 bits per heavy atom. The van der Waals surface area contributed by atoms with Crippen LogP contribution < -0.4 is 5.46 Å². The third-order valence-corrected chi connectivity index (χ3v) is 3.30. The van der Waals surface area contributed by atoms with Crippen LogP contribution in [0.2, 0.25) is 0 Å². The van der Waals surface area contributed by atoms with E-state index < -0.39 is 0 Å². The number of aliphatic hydroxyl groups excluding tert-OH is 1. The maximum Gasteiger partial charge on any atom is 0.494 e. The molecule has 16 heavy (non-hydrogen) atoms. The summed E-state index contributed by atoms with van der Waals surface area (Å²) in [6.45, 7) is 0. The second-order valence-electron chi connectivity index (χ2n) is 4.62. The maximum absolute atomic E-state index is 9.61. The largest absolute Gasteiger partial charge is 0.494 e. The van der Waals surface area contributed by atoms with Crippen molar-refractivity contribution in [2.75, 3.05) is 0 Å². The summed E-state index contributed by atoms with van der Waals surface area (Å²) < 4.78 is 11.7. The summed E-state index contributed by atoms with van der Waals surface area (Å²) in [4.78, 5) is 0. The molecule has 2 bridgehead atoms. The molecule has 2 aliphatic rings. The van der Waals surface area contributed by atoms with Crippen molar-refractivity contribution in [2.45, 2.75) is 37.6 Å². The van der Waals surface area contributed by atoms with Crippen LogP contribution >= 0.6 is 0 Å². The Kier molecular flexibility index (Phi) is 2.71. The second-order valence-corrected chi connectivity index (χ2v) is 4.62. The zero-order valence-electron chi connectivity index (χ0n) is 9.08. The molecule has 0 aromatic heterocycles. The molecule has 3 nitrogen and oxygen atoms in total. The maximum atomic E-state index is 9.61. The number of aliphatic hydroxyl groups is 1. The lowest BCUT2D eigenvalue weighted by molar-refractivity contribution is -0.0585. The lowest BCUT2D eigenvalue weighted by atomic mass is 9.74. The fourth-order valence-electron chi connectivity index (χ4n) is 2.56. The van der Waals surface area contributed by atoms with Gasteiger partial charge in [0.05, 0.1) is 6.10 Å². The van der Waals surface area contributed by atoms with Crippen molar-refractivity contribution in [3.63, 3.8) is 0 Å². The average molecular weight is 218 g/mol. The summed E-state index contributed by atoms with van der Waals surface area (Å²) >= 11 is 0. The molecule has 4 heteroatoms. The van der Waals surface area contributed by atoms with E-state index >= 15 is 0 Å².